The van der Waals surface area contributed by atoms with Gasteiger partial charge in [-0.15, -0.1) is 0 Å². The van der Waals surface area contributed by atoms with Crippen LogP contribution in [0.5, 0.6) is 0 Å². The van der Waals surface area contributed by atoms with E-state index in [0.717, 1.165) is 11.4 Å². The molecule has 0 spiro atoms. The molecule has 2 heterocycles. The summed E-state index contributed by atoms with van der Waals surface area (Å²) < 4.78 is 0. The zero-order chi connectivity index (χ0) is 35.7. The Kier molecular flexibility index (Phi) is 30.4. The molecule has 2 amide bonds. The van der Waals surface area contributed by atoms with Crippen molar-refractivity contribution in [3.63, 3.8) is 0 Å². The van der Waals surface area contributed by atoms with E-state index >= 15 is 0 Å². The second-order valence-corrected chi connectivity index (χ2v) is 8.32. The van der Waals surface area contributed by atoms with Crippen molar-refractivity contribution in [1.82, 2.24) is 25.5 Å². The van der Waals surface area contributed by atoms with Crippen LogP contribution in [0.3, 0.4) is 0 Å². The van der Waals surface area contributed by atoms with Gasteiger partial charge >= 0.3 is 42.4 Å². The predicted molar refractivity (Wildman–Crippen MR) is 151 cm³/mol. The summed E-state index contributed by atoms with van der Waals surface area (Å²) in [6.45, 7) is 1.12. The molecule has 0 aliphatic rings. The number of carboxylic acid groups (broad SMARTS) is 9. The Balaban J connectivity index is -0.000000595. The molecule has 0 aliphatic carbocycles. The van der Waals surface area contributed by atoms with Crippen molar-refractivity contribution >= 4 is 42.4 Å². The number of aliphatic carboxylic acids is 3. The van der Waals surface area contributed by atoms with Crippen LogP contribution < -0.4 is 27.6 Å². The molecule has 0 saturated carbocycles. The van der Waals surface area contributed by atoms with Crippen LogP contribution in [0, 0.1) is 0 Å². The normalized spacial score (nSPS) is 10.4. The molecular weight excluding hydrogens is 892 g/mol. The number of hydrogen-bond acceptors (Lipinski definition) is 10. The topological polar surface area (TPSA) is 355 Å². The molecule has 48 heavy (non-hydrogen) atoms. The molecule has 0 bridgehead atoms. The van der Waals surface area contributed by atoms with E-state index in [-0.39, 0.29) is 56.8 Å². The fraction of sp³-hybridized carbons (Fsp3) is 0.320. The number of pyridine rings is 2. The van der Waals surface area contributed by atoms with Crippen molar-refractivity contribution in [2.45, 2.75) is 44.4 Å². The van der Waals surface area contributed by atoms with Gasteiger partial charge in [-0.3, -0.25) is 19.7 Å². The largest absolute Gasteiger partial charge is 1.00 e. The predicted octanol–water partition coefficient (Wildman–Crippen LogP) is -1.39. The first-order valence-electron chi connectivity index (χ1n) is 12.5. The van der Waals surface area contributed by atoms with Crippen LogP contribution in [-0.2, 0) is 47.9 Å². The molecule has 0 fully saturated rings. The number of urea groups is 1. The second kappa shape index (κ2) is 29.3. The van der Waals surface area contributed by atoms with Crippen LogP contribution in [0.2, 0.25) is 0 Å². The Bertz CT molecular complexity index is 1180. The summed E-state index contributed by atoms with van der Waals surface area (Å²) in [4.78, 5) is 82.1. The van der Waals surface area contributed by atoms with Gasteiger partial charge in [-0.05, 0) is 37.1 Å². The van der Waals surface area contributed by atoms with Crippen molar-refractivity contribution in [2.75, 3.05) is 6.54 Å². The van der Waals surface area contributed by atoms with E-state index in [1.165, 1.54) is 0 Å². The summed E-state index contributed by atoms with van der Waals surface area (Å²) in [7, 11) is 0. The minimum absolute atomic E-state index is 0. The molecular formula is C25H33BrN5O16Re-. The number of aromatic nitrogens is 2. The average Bonchev–Trinajstić information content (AvgIpc) is 2.93. The molecule has 2 aromatic rings. The van der Waals surface area contributed by atoms with Crippen LogP contribution in [0.4, 0.5) is 19.2 Å². The molecule has 0 saturated heterocycles. The number of hydrogen-bond donors (Lipinski definition) is 11. The van der Waals surface area contributed by atoms with Gasteiger partial charge in [0.25, 0.3) is 0 Å². The number of carbonyl (C=O) groups is 7. The van der Waals surface area contributed by atoms with Crippen LogP contribution in [0.1, 0.15) is 30.7 Å². The van der Waals surface area contributed by atoms with Gasteiger partial charge in [0.2, 0.25) is 0 Å². The molecule has 269 valence electrons. The Morgan fingerprint density at radius 2 is 0.979 bits per heavy atom. The van der Waals surface area contributed by atoms with E-state index in [1.54, 1.807) is 24.5 Å². The smallest absolute Gasteiger partial charge is 0.503 e. The van der Waals surface area contributed by atoms with E-state index in [1.807, 2.05) is 29.2 Å². The standard InChI is InChI=1S/C22H27N5O7.3CH2O3.BrH.Re/c28-19(29)8-7-17(20(30)31)25-22(34)26-18(21(32)33)9-12-27(13-15-5-1-3-10-23-15)14-16-6-2-4-11-24-16;3*2-1(3)4;;/h1-6,10-11,17-18H,7-9,12-14H2,(H,28,29)(H,30,31)(H,32,33)(H2,25,26,34);3*(H2,2,3,4);1H;/p-1/t17-,18-;;;;;/m0...../s1. The van der Waals surface area contributed by atoms with E-state index in [2.05, 4.69) is 20.6 Å². The number of amides is 2. The maximum absolute atomic E-state index is 12.2. The summed E-state index contributed by atoms with van der Waals surface area (Å²) in [6.07, 6.45) is -2.96. The number of nitrogens with zero attached hydrogens (tertiary/aromatic N) is 3. The Labute approximate surface area is 295 Å². The average molecular weight is 926 g/mol. The van der Waals surface area contributed by atoms with Gasteiger partial charge in [-0.25, -0.2) is 28.8 Å². The van der Waals surface area contributed by atoms with Crippen molar-refractivity contribution in [2.24, 2.45) is 0 Å². The summed E-state index contributed by atoms with van der Waals surface area (Å²) >= 11 is 0. The van der Waals surface area contributed by atoms with Crippen LogP contribution in [-0.4, -0.2) is 122 Å². The van der Waals surface area contributed by atoms with E-state index in [9.17, 15) is 24.3 Å². The fourth-order valence-corrected chi connectivity index (χ4v) is 3.11. The van der Waals surface area contributed by atoms with E-state index < -0.39 is 60.9 Å². The summed E-state index contributed by atoms with van der Waals surface area (Å²) in [5, 5.41) is 73.6. The van der Waals surface area contributed by atoms with Gasteiger partial charge < -0.3 is 73.6 Å². The second-order valence-electron chi connectivity index (χ2n) is 8.32. The molecule has 1 radical (unpaired) electrons. The van der Waals surface area contributed by atoms with Gasteiger partial charge in [-0.1, -0.05) is 12.1 Å². The third-order valence-electron chi connectivity index (χ3n) is 4.81. The SMILES string of the molecule is O=C(O)CC[C@H](NC(=O)N[C@@H](CCN(Cc1ccccn1)Cc1ccccn1)C(=O)O)C(=O)O.O=C(O)O.O=C(O)O.O=C(O)O.[Br-].[Re]. The van der Waals surface area contributed by atoms with Crippen LogP contribution >= 0.6 is 0 Å². The molecule has 2 aromatic heterocycles. The molecule has 2 atom stereocenters. The minimum Gasteiger partial charge on any atom is -1.00 e. The first kappa shape index (κ1) is 49.8. The molecule has 21 nitrogen and oxygen atoms in total. The van der Waals surface area contributed by atoms with Gasteiger partial charge in [-0.2, -0.15) is 0 Å². The molecule has 23 heteroatoms. The molecule has 2 rings (SSSR count). The quantitative estimate of drug-likeness (QED) is 0.104. The zero-order valence-electron chi connectivity index (χ0n) is 24.5. The number of carbonyl (C=O) groups excluding carboxylic acids is 1. The first-order valence-corrected chi connectivity index (χ1v) is 12.5. The number of rotatable bonds is 14. The van der Waals surface area contributed by atoms with Crippen molar-refractivity contribution < 1.29 is 117 Å². The van der Waals surface area contributed by atoms with Crippen molar-refractivity contribution in [3.8, 4) is 0 Å². The number of nitrogens with one attached hydrogen (secondary N) is 2. The fourth-order valence-electron chi connectivity index (χ4n) is 3.11. The van der Waals surface area contributed by atoms with Crippen LogP contribution in [0.25, 0.3) is 0 Å². The van der Waals surface area contributed by atoms with Gasteiger partial charge in [0.1, 0.15) is 12.1 Å². The molecule has 0 aliphatic heterocycles. The third-order valence-corrected chi connectivity index (χ3v) is 4.81. The Morgan fingerprint density at radius 1 is 0.625 bits per heavy atom. The first-order chi connectivity index (χ1) is 21.4. The molecule has 0 aromatic carbocycles. The van der Waals surface area contributed by atoms with Crippen molar-refractivity contribution in [1.29, 1.82) is 0 Å². The molecule has 11 N–H and O–H groups in total. The maximum Gasteiger partial charge on any atom is 0.503 e. The van der Waals surface area contributed by atoms with Gasteiger partial charge in [0, 0.05) is 58.9 Å². The van der Waals surface area contributed by atoms with Gasteiger partial charge in [0.15, 0.2) is 0 Å². The number of halogens is 1. The van der Waals surface area contributed by atoms with E-state index in [0.29, 0.717) is 13.1 Å². The Morgan fingerprint density at radius 3 is 1.27 bits per heavy atom. The van der Waals surface area contributed by atoms with Crippen LogP contribution in [0.15, 0.2) is 48.8 Å². The summed E-state index contributed by atoms with van der Waals surface area (Å²) in [5.74, 6) is -3.92. The summed E-state index contributed by atoms with van der Waals surface area (Å²) in [6, 6.07) is 7.18. The summed E-state index contributed by atoms with van der Waals surface area (Å²) in [5.41, 5.74) is 1.55. The van der Waals surface area contributed by atoms with E-state index in [4.69, 9.17) is 55.2 Å². The Hall–Kier alpha value is -5.11. The monoisotopic (exact) mass is 925 g/mol. The maximum atomic E-state index is 12.2. The minimum atomic E-state index is -1.83. The van der Waals surface area contributed by atoms with Crippen molar-refractivity contribution in [3.05, 3.63) is 60.2 Å². The third kappa shape index (κ3) is 32.3. The van der Waals surface area contributed by atoms with Gasteiger partial charge in [0.05, 0.1) is 11.4 Å². The zero-order valence-corrected chi connectivity index (χ0v) is 28.8. The number of carboxylic acids is 3. The molecule has 0 unspecified atom stereocenters.